The number of piperidine rings is 1. The quantitative estimate of drug-likeness (QED) is 0.564. The van der Waals surface area contributed by atoms with Crippen LogP contribution in [0.4, 0.5) is 5.69 Å². The van der Waals surface area contributed by atoms with Crippen LogP contribution >= 0.6 is 0 Å². The molecule has 1 saturated heterocycles. The Morgan fingerprint density at radius 3 is 2.42 bits per heavy atom. The van der Waals surface area contributed by atoms with Crippen molar-refractivity contribution >= 4 is 21.6 Å². The van der Waals surface area contributed by atoms with Gasteiger partial charge in [0.15, 0.2) is 0 Å². The standard InChI is InChI=1S/C24H26N2O4S/c1-19-10-12-21(13-11-19)26(18-22-8-6-16-30-22)24(27)20-7-5-9-23(17-20)31(28,29)25-14-3-2-4-15-25/h5-13,16-17H,2-4,14-15,18H2,1H3. The number of amides is 1. The highest BCUT2D eigenvalue weighted by atomic mass is 32.2. The minimum atomic E-state index is -3.62. The molecule has 1 aliphatic rings. The van der Waals surface area contributed by atoms with E-state index in [2.05, 4.69) is 0 Å². The topological polar surface area (TPSA) is 70.8 Å². The summed E-state index contributed by atoms with van der Waals surface area (Å²) in [5.74, 6) is 0.363. The van der Waals surface area contributed by atoms with Crippen molar-refractivity contribution < 1.29 is 17.6 Å². The maximum Gasteiger partial charge on any atom is 0.258 e. The van der Waals surface area contributed by atoms with Gasteiger partial charge in [0.25, 0.3) is 5.91 Å². The molecule has 2 aromatic carbocycles. The van der Waals surface area contributed by atoms with E-state index in [1.165, 1.54) is 10.4 Å². The van der Waals surface area contributed by atoms with Crippen LogP contribution in [0.15, 0.2) is 76.2 Å². The Hall–Kier alpha value is -2.90. The molecule has 6 nitrogen and oxygen atoms in total. The second kappa shape index (κ2) is 9.08. The van der Waals surface area contributed by atoms with E-state index in [4.69, 9.17) is 4.42 Å². The van der Waals surface area contributed by atoms with Crippen molar-refractivity contribution in [2.24, 2.45) is 0 Å². The van der Waals surface area contributed by atoms with E-state index in [0.29, 0.717) is 24.4 Å². The van der Waals surface area contributed by atoms with Crippen molar-refractivity contribution in [1.82, 2.24) is 4.31 Å². The van der Waals surface area contributed by atoms with Gasteiger partial charge in [-0.2, -0.15) is 4.31 Å². The first-order chi connectivity index (χ1) is 14.9. The SMILES string of the molecule is Cc1ccc(N(Cc2ccco2)C(=O)c2cccc(S(=O)(=O)N3CCCCC3)c2)cc1. The molecule has 1 amide bonds. The van der Waals surface area contributed by atoms with Crippen LogP contribution in [0.5, 0.6) is 0 Å². The van der Waals surface area contributed by atoms with Crippen LogP contribution in [0.25, 0.3) is 0 Å². The number of anilines is 1. The summed E-state index contributed by atoms with van der Waals surface area (Å²) < 4.78 is 33.1. The summed E-state index contributed by atoms with van der Waals surface area (Å²) in [5, 5.41) is 0. The van der Waals surface area contributed by atoms with Crippen LogP contribution in [-0.2, 0) is 16.6 Å². The maximum absolute atomic E-state index is 13.5. The summed E-state index contributed by atoms with van der Waals surface area (Å²) in [6.45, 7) is 3.28. The molecule has 4 rings (SSSR count). The van der Waals surface area contributed by atoms with Gasteiger partial charge in [0, 0.05) is 24.3 Å². The number of aryl methyl sites for hydroxylation is 1. The van der Waals surface area contributed by atoms with Crippen LogP contribution in [0.2, 0.25) is 0 Å². The van der Waals surface area contributed by atoms with Gasteiger partial charge in [-0.25, -0.2) is 8.42 Å². The van der Waals surface area contributed by atoms with Gasteiger partial charge >= 0.3 is 0 Å². The molecule has 0 radical (unpaired) electrons. The lowest BCUT2D eigenvalue weighted by Crippen LogP contribution is -2.36. The minimum absolute atomic E-state index is 0.155. The third kappa shape index (κ3) is 4.73. The van der Waals surface area contributed by atoms with Crippen LogP contribution in [-0.4, -0.2) is 31.7 Å². The van der Waals surface area contributed by atoms with Gasteiger partial charge in [-0.05, 0) is 62.2 Å². The fraction of sp³-hybridized carbons (Fsp3) is 0.292. The monoisotopic (exact) mass is 438 g/mol. The second-order valence-corrected chi connectivity index (χ2v) is 9.74. The van der Waals surface area contributed by atoms with Crippen LogP contribution in [0.3, 0.4) is 0 Å². The zero-order chi connectivity index (χ0) is 21.8. The third-order valence-electron chi connectivity index (χ3n) is 5.52. The smallest absolute Gasteiger partial charge is 0.258 e. The predicted molar refractivity (Wildman–Crippen MR) is 119 cm³/mol. The van der Waals surface area contributed by atoms with E-state index < -0.39 is 10.0 Å². The molecule has 0 N–H and O–H groups in total. The molecular weight excluding hydrogens is 412 g/mol. The van der Waals surface area contributed by atoms with Gasteiger partial charge in [0.2, 0.25) is 10.0 Å². The van der Waals surface area contributed by atoms with Crippen molar-refractivity contribution in [2.75, 3.05) is 18.0 Å². The number of hydrogen-bond acceptors (Lipinski definition) is 4. The van der Waals surface area contributed by atoms with E-state index in [1.807, 2.05) is 37.3 Å². The molecule has 0 unspecified atom stereocenters. The lowest BCUT2D eigenvalue weighted by molar-refractivity contribution is 0.0983. The first-order valence-corrected chi connectivity index (χ1v) is 11.9. The van der Waals surface area contributed by atoms with Crippen molar-refractivity contribution in [3.63, 3.8) is 0 Å². The molecule has 31 heavy (non-hydrogen) atoms. The summed E-state index contributed by atoms with van der Waals surface area (Å²) in [6, 6.07) is 17.5. The fourth-order valence-electron chi connectivity index (χ4n) is 3.76. The average molecular weight is 439 g/mol. The van der Waals surface area contributed by atoms with E-state index in [0.717, 1.165) is 30.5 Å². The normalized spacial score (nSPS) is 15.0. The second-order valence-electron chi connectivity index (χ2n) is 7.80. The number of sulfonamides is 1. The van der Waals surface area contributed by atoms with E-state index in [1.54, 1.807) is 35.4 Å². The Morgan fingerprint density at radius 1 is 1.00 bits per heavy atom. The van der Waals surface area contributed by atoms with Crippen molar-refractivity contribution in [1.29, 1.82) is 0 Å². The van der Waals surface area contributed by atoms with Gasteiger partial charge in [0.05, 0.1) is 17.7 Å². The highest BCUT2D eigenvalue weighted by Crippen LogP contribution is 2.25. The summed E-state index contributed by atoms with van der Waals surface area (Å²) in [4.78, 5) is 15.2. The van der Waals surface area contributed by atoms with Crippen LogP contribution in [0, 0.1) is 6.92 Å². The Labute approximate surface area is 183 Å². The molecule has 0 bridgehead atoms. The van der Waals surface area contributed by atoms with Crippen LogP contribution in [0.1, 0.15) is 40.9 Å². The van der Waals surface area contributed by atoms with Gasteiger partial charge < -0.3 is 9.32 Å². The first-order valence-electron chi connectivity index (χ1n) is 10.5. The summed E-state index contributed by atoms with van der Waals surface area (Å²) in [6.07, 6.45) is 4.34. The number of nitrogens with zero attached hydrogens (tertiary/aromatic N) is 2. The van der Waals surface area contributed by atoms with E-state index in [9.17, 15) is 13.2 Å². The zero-order valence-corrected chi connectivity index (χ0v) is 18.3. The number of benzene rings is 2. The third-order valence-corrected chi connectivity index (χ3v) is 7.41. The molecular formula is C24H26N2O4S. The molecule has 0 atom stereocenters. The molecule has 1 aliphatic heterocycles. The average Bonchev–Trinajstić information content (AvgIpc) is 3.32. The Bertz CT molecular complexity index is 1130. The molecule has 0 aliphatic carbocycles. The number of carbonyl (C=O) groups is 1. The van der Waals surface area contributed by atoms with Gasteiger partial charge in [-0.15, -0.1) is 0 Å². The highest BCUT2D eigenvalue weighted by molar-refractivity contribution is 7.89. The van der Waals surface area contributed by atoms with Crippen molar-refractivity contribution in [2.45, 2.75) is 37.6 Å². The van der Waals surface area contributed by atoms with E-state index >= 15 is 0 Å². The highest BCUT2D eigenvalue weighted by Gasteiger charge is 2.27. The number of rotatable bonds is 6. The lowest BCUT2D eigenvalue weighted by atomic mass is 10.1. The van der Waals surface area contributed by atoms with Gasteiger partial charge in [-0.3, -0.25) is 4.79 Å². The maximum atomic E-state index is 13.5. The van der Waals surface area contributed by atoms with E-state index in [-0.39, 0.29) is 17.3 Å². The summed E-state index contributed by atoms with van der Waals surface area (Å²) >= 11 is 0. The molecule has 0 spiro atoms. The molecule has 0 saturated carbocycles. The lowest BCUT2D eigenvalue weighted by Gasteiger charge is -2.26. The first kappa shape index (κ1) is 21.3. The van der Waals surface area contributed by atoms with Gasteiger partial charge in [-0.1, -0.05) is 30.2 Å². The number of hydrogen-bond donors (Lipinski definition) is 0. The fourth-order valence-corrected chi connectivity index (χ4v) is 5.33. The minimum Gasteiger partial charge on any atom is -0.467 e. The Kier molecular flexibility index (Phi) is 6.25. The van der Waals surface area contributed by atoms with Crippen LogP contribution < -0.4 is 4.90 Å². The molecule has 3 aromatic rings. The Balaban J connectivity index is 1.67. The number of furan rings is 1. The van der Waals surface area contributed by atoms with Crippen molar-refractivity contribution in [3.05, 3.63) is 83.8 Å². The van der Waals surface area contributed by atoms with Crippen molar-refractivity contribution in [3.8, 4) is 0 Å². The summed E-state index contributed by atoms with van der Waals surface area (Å²) in [5.41, 5.74) is 2.13. The zero-order valence-electron chi connectivity index (χ0n) is 17.5. The van der Waals surface area contributed by atoms with Gasteiger partial charge in [0.1, 0.15) is 5.76 Å². The molecule has 1 fully saturated rings. The molecule has 162 valence electrons. The predicted octanol–water partition coefficient (Wildman–Crippen LogP) is 4.61. The molecule has 2 heterocycles. The molecule has 7 heteroatoms. The molecule has 1 aromatic heterocycles. The Morgan fingerprint density at radius 2 is 1.74 bits per heavy atom. The largest absolute Gasteiger partial charge is 0.467 e. The summed E-state index contributed by atoms with van der Waals surface area (Å²) in [7, 11) is -3.62. The number of carbonyl (C=O) groups excluding carboxylic acids is 1.